The molecule has 0 atom stereocenters. The molecule has 174 valence electrons. The van der Waals surface area contributed by atoms with E-state index in [2.05, 4.69) is 10.4 Å². The SMILES string of the molecule is Cc1cc(NC(=O)c2cccc(COc3ccc(F)cc3F)c2)nn1Cc1ccc(Cl)cc1Cl. The number of rotatable bonds is 7. The van der Waals surface area contributed by atoms with Crippen molar-refractivity contribution in [1.29, 1.82) is 0 Å². The quantitative estimate of drug-likeness (QED) is 0.308. The smallest absolute Gasteiger partial charge is 0.256 e. The summed E-state index contributed by atoms with van der Waals surface area (Å²) in [6, 6.07) is 16.8. The maximum atomic E-state index is 13.8. The minimum absolute atomic E-state index is 0.0132. The number of aryl methyl sites for hydroxylation is 1. The Balaban J connectivity index is 1.42. The lowest BCUT2D eigenvalue weighted by Gasteiger charge is -2.09. The van der Waals surface area contributed by atoms with Gasteiger partial charge in [0.2, 0.25) is 0 Å². The van der Waals surface area contributed by atoms with Crippen molar-refractivity contribution in [3.05, 3.63) is 111 Å². The molecular weight excluding hydrogens is 483 g/mol. The van der Waals surface area contributed by atoms with E-state index >= 15 is 0 Å². The van der Waals surface area contributed by atoms with Gasteiger partial charge in [-0.25, -0.2) is 8.78 Å². The van der Waals surface area contributed by atoms with Crippen LogP contribution >= 0.6 is 23.2 Å². The minimum Gasteiger partial charge on any atom is -0.486 e. The number of benzene rings is 3. The second-order valence-electron chi connectivity index (χ2n) is 7.58. The van der Waals surface area contributed by atoms with Gasteiger partial charge < -0.3 is 10.1 Å². The zero-order valence-electron chi connectivity index (χ0n) is 18.0. The van der Waals surface area contributed by atoms with E-state index in [1.165, 1.54) is 6.07 Å². The van der Waals surface area contributed by atoms with Gasteiger partial charge in [-0.15, -0.1) is 0 Å². The molecule has 0 bridgehead atoms. The number of anilines is 1. The summed E-state index contributed by atoms with van der Waals surface area (Å²) in [5.41, 5.74) is 2.72. The summed E-state index contributed by atoms with van der Waals surface area (Å²) in [5, 5.41) is 8.31. The molecule has 4 aromatic rings. The summed E-state index contributed by atoms with van der Waals surface area (Å²) in [6.45, 7) is 2.31. The van der Waals surface area contributed by atoms with Crippen LogP contribution in [0, 0.1) is 18.6 Å². The van der Waals surface area contributed by atoms with E-state index in [0.717, 1.165) is 23.4 Å². The molecule has 4 rings (SSSR count). The first-order valence-corrected chi connectivity index (χ1v) is 11.0. The van der Waals surface area contributed by atoms with Crippen LogP contribution in [0.25, 0.3) is 0 Å². The third kappa shape index (κ3) is 5.73. The molecule has 3 aromatic carbocycles. The molecule has 0 unspecified atom stereocenters. The van der Waals surface area contributed by atoms with Crippen molar-refractivity contribution in [1.82, 2.24) is 9.78 Å². The fourth-order valence-electron chi connectivity index (χ4n) is 3.29. The fourth-order valence-corrected chi connectivity index (χ4v) is 3.76. The van der Waals surface area contributed by atoms with Gasteiger partial charge in [-0.3, -0.25) is 9.48 Å². The number of aromatic nitrogens is 2. The van der Waals surface area contributed by atoms with Crippen LogP contribution in [0.2, 0.25) is 10.0 Å². The van der Waals surface area contributed by atoms with Crippen LogP contribution in [0.15, 0.2) is 66.7 Å². The van der Waals surface area contributed by atoms with Crippen LogP contribution in [0.5, 0.6) is 5.75 Å². The normalized spacial score (nSPS) is 10.9. The molecule has 5 nitrogen and oxygen atoms in total. The molecule has 0 aliphatic heterocycles. The van der Waals surface area contributed by atoms with Crippen molar-refractivity contribution in [2.75, 3.05) is 5.32 Å². The summed E-state index contributed by atoms with van der Waals surface area (Å²) >= 11 is 12.2. The Kier molecular flexibility index (Phi) is 7.14. The van der Waals surface area contributed by atoms with Crippen LogP contribution in [0.1, 0.15) is 27.2 Å². The van der Waals surface area contributed by atoms with E-state index in [0.29, 0.717) is 33.5 Å². The van der Waals surface area contributed by atoms with Crippen LogP contribution in [-0.4, -0.2) is 15.7 Å². The van der Waals surface area contributed by atoms with Crippen molar-refractivity contribution in [3.63, 3.8) is 0 Å². The summed E-state index contributed by atoms with van der Waals surface area (Å²) in [7, 11) is 0. The Morgan fingerprint density at radius 1 is 1.06 bits per heavy atom. The Morgan fingerprint density at radius 2 is 1.88 bits per heavy atom. The monoisotopic (exact) mass is 501 g/mol. The highest BCUT2D eigenvalue weighted by atomic mass is 35.5. The lowest BCUT2D eigenvalue weighted by molar-refractivity contribution is 0.102. The van der Waals surface area contributed by atoms with Crippen LogP contribution in [0.4, 0.5) is 14.6 Å². The van der Waals surface area contributed by atoms with E-state index in [1.807, 2.05) is 13.0 Å². The number of halogens is 4. The van der Waals surface area contributed by atoms with Gasteiger partial charge in [-0.1, -0.05) is 41.4 Å². The van der Waals surface area contributed by atoms with Gasteiger partial charge in [0, 0.05) is 33.4 Å². The lowest BCUT2D eigenvalue weighted by atomic mass is 10.1. The summed E-state index contributed by atoms with van der Waals surface area (Å²) in [6.07, 6.45) is 0. The van der Waals surface area contributed by atoms with Crippen molar-refractivity contribution in [2.24, 2.45) is 0 Å². The average molecular weight is 502 g/mol. The third-order valence-corrected chi connectivity index (χ3v) is 5.62. The number of nitrogens with zero attached hydrogens (tertiary/aromatic N) is 2. The van der Waals surface area contributed by atoms with Crippen molar-refractivity contribution < 1.29 is 18.3 Å². The van der Waals surface area contributed by atoms with E-state index in [-0.39, 0.29) is 18.3 Å². The van der Waals surface area contributed by atoms with Crippen molar-refractivity contribution in [3.8, 4) is 5.75 Å². The van der Waals surface area contributed by atoms with E-state index in [1.54, 1.807) is 47.1 Å². The first-order valence-electron chi connectivity index (χ1n) is 10.2. The second-order valence-corrected chi connectivity index (χ2v) is 8.43. The first kappa shape index (κ1) is 23.7. The zero-order chi connectivity index (χ0) is 24.2. The van der Waals surface area contributed by atoms with Gasteiger partial charge in [0.05, 0.1) is 6.54 Å². The van der Waals surface area contributed by atoms with E-state index in [9.17, 15) is 13.6 Å². The third-order valence-electron chi connectivity index (χ3n) is 5.04. The van der Waals surface area contributed by atoms with Gasteiger partial charge in [-0.05, 0) is 54.4 Å². The predicted molar refractivity (Wildman–Crippen MR) is 128 cm³/mol. The van der Waals surface area contributed by atoms with Gasteiger partial charge in [0.15, 0.2) is 17.4 Å². The molecular formula is C25H19Cl2F2N3O2. The van der Waals surface area contributed by atoms with Crippen LogP contribution in [0.3, 0.4) is 0 Å². The topological polar surface area (TPSA) is 56.1 Å². The van der Waals surface area contributed by atoms with E-state index in [4.69, 9.17) is 27.9 Å². The molecule has 0 saturated carbocycles. The highest BCUT2D eigenvalue weighted by molar-refractivity contribution is 6.35. The Bertz CT molecular complexity index is 1360. The molecule has 0 radical (unpaired) electrons. The number of carbonyl (C=O) groups excluding carboxylic acids is 1. The van der Waals surface area contributed by atoms with Crippen LogP contribution in [-0.2, 0) is 13.2 Å². The maximum Gasteiger partial charge on any atom is 0.256 e. The molecule has 34 heavy (non-hydrogen) atoms. The number of ether oxygens (including phenoxy) is 1. The van der Waals surface area contributed by atoms with Gasteiger partial charge in [0.1, 0.15) is 12.4 Å². The number of amides is 1. The van der Waals surface area contributed by atoms with Crippen LogP contribution < -0.4 is 10.1 Å². The molecule has 1 N–H and O–H groups in total. The number of hydrogen-bond donors (Lipinski definition) is 1. The second kappa shape index (κ2) is 10.2. The molecule has 0 saturated heterocycles. The maximum absolute atomic E-state index is 13.8. The van der Waals surface area contributed by atoms with Crippen molar-refractivity contribution in [2.45, 2.75) is 20.1 Å². The predicted octanol–water partition coefficient (Wildman–Crippen LogP) is 6.66. The molecule has 0 aliphatic carbocycles. The van der Waals surface area contributed by atoms with E-state index < -0.39 is 11.6 Å². The Morgan fingerprint density at radius 3 is 2.65 bits per heavy atom. The minimum atomic E-state index is -0.792. The highest BCUT2D eigenvalue weighted by Crippen LogP contribution is 2.23. The van der Waals surface area contributed by atoms with Crippen molar-refractivity contribution >= 4 is 34.9 Å². The standard InChI is InChI=1S/C25H19Cl2F2N3O2/c1-15-9-24(31-32(15)13-18-5-6-19(26)11-21(18)27)30-25(33)17-4-2-3-16(10-17)14-34-23-8-7-20(28)12-22(23)29/h2-12H,13-14H2,1H3,(H,30,31,33). The summed E-state index contributed by atoms with van der Waals surface area (Å²) in [5.74, 6) is -1.51. The number of nitrogens with one attached hydrogen (secondary N) is 1. The largest absolute Gasteiger partial charge is 0.486 e. The summed E-state index contributed by atoms with van der Waals surface area (Å²) < 4.78 is 33.9. The molecule has 9 heteroatoms. The first-order chi connectivity index (χ1) is 16.3. The zero-order valence-corrected chi connectivity index (χ0v) is 19.5. The van der Waals surface area contributed by atoms with Gasteiger partial charge in [0.25, 0.3) is 5.91 Å². The summed E-state index contributed by atoms with van der Waals surface area (Å²) in [4.78, 5) is 12.8. The Hall–Kier alpha value is -3.42. The average Bonchev–Trinajstić information content (AvgIpc) is 3.13. The molecule has 1 amide bonds. The molecule has 1 aromatic heterocycles. The van der Waals surface area contributed by atoms with Gasteiger partial charge in [-0.2, -0.15) is 5.10 Å². The Labute approximate surface area is 204 Å². The van der Waals surface area contributed by atoms with Gasteiger partial charge >= 0.3 is 0 Å². The molecule has 0 fully saturated rings. The lowest BCUT2D eigenvalue weighted by Crippen LogP contribution is -2.13. The highest BCUT2D eigenvalue weighted by Gasteiger charge is 2.13. The molecule has 0 spiro atoms. The molecule has 0 aliphatic rings. The fraction of sp³-hybridized carbons (Fsp3) is 0.120. The number of carbonyl (C=O) groups is 1. The molecule has 1 heterocycles. The number of hydrogen-bond acceptors (Lipinski definition) is 3.